The van der Waals surface area contributed by atoms with E-state index in [9.17, 15) is 4.79 Å². The summed E-state index contributed by atoms with van der Waals surface area (Å²) in [5, 5.41) is 1.11. The van der Waals surface area contributed by atoms with Gasteiger partial charge in [-0.25, -0.2) is 0 Å². The van der Waals surface area contributed by atoms with Gasteiger partial charge in [-0.2, -0.15) is 0 Å². The van der Waals surface area contributed by atoms with Crippen LogP contribution < -0.4 is 10.2 Å². The van der Waals surface area contributed by atoms with Crippen LogP contribution in [-0.4, -0.2) is 10.2 Å². The Morgan fingerprint density at radius 2 is 1.91 bits per heavy atom. The molecule has 0 radical (unpaired) electrons. The molecule has 0 amide bonds. The molecule has 2 aliphatic heterocycles. The molecular formula is C20H19NO2. The lowest BCUT2D eigenvalue weighted by Crippen LogP contribution is -2.29. The fourth-order valence-electron chi connectivity index (χ4n) is 3.53. The zero-order valence-electron chi connectivity index (χ0n) is 13.8. The molecule has 23 heavy (non-hydrogen) atoms. The average Bonchev–Trinajstić information content (AvgIpc) is 2.50. The predicted molar refractivity (Wildman–Crippen MR) is 94.3 cm³/mol. The number of benzene rings is 2. The van der Waals surface area contributed by atoms with Crippen molar-refractivity contribution in [2.75, 3.05) is 0 Å². The van der Waals surface area contributed by atoms with Crippen molar-refractivity contribution in [2.24, 2.45) is 7.05 Å². The molecule has 0 unspecified atom stereocenters. The Morgan fingerprint density at radius 3 is 2.70 bits per heavy atom. The van der Waals surface area contributed by atoms with Crippen molar-refractivity contribution in [1.82, 2.24) is 4.57 Å². The monoisotopic (exact) mass is 305 g/mol. The number of hydrogen-bond donors (Lipinski definition) is 0. The van der Waals surface area contributed by atoms with E-state index in [0.29, 0.717) is 5.75 Å². The lowest BCUT2D eigenvalue weighted by molar-refractivity contribution is 0.159. The first kappa shape index (κ1) is 14.1. The van der Waals surface area contributed by atoms with Gasteiger partial charge < -0.3 is 9.30 Å². The number of aromatic nitrogens is 1. The Kier molecular flexibility index (Phi) is 2.74. The highest BCUT2D eigenvalue weighted by Crippen LogP contribution is 2.40. The summed E-state index contributed by atoms with van der Waals surface area (Å²) in [6.45, 7) is 6.01. The van der Waals surface area contributed by atoms with Crippen molar-refractivity contribution in [3.8, 4) is 17.0 Å². The van der Waals surface area contributed by atoms with E-state index in [0.717, 1.165) is 33.3 Å². The number of ether oxygens (including phenoxy) is 1. The van der Waals surface area contributed by atoms with Crippen LogP contribution in [-0.2, 0) is 7.05 Å². The number of aryl methyl sites for hydroxylation is 2. The minimum atomic E-state index is -0.391. The molecule has 0 saturated carbocycles. The highest BCUT2D eigenvalue weighted by molar-refractivity contribution is 5.94. The second-order valence-electron chi connectivity index (χ2n) is 6.75. The Morgan fingerprint density at radius 1 is 1.17 bits per heavy atom. The van der Waals surface area contributed by atoms with Gasteiger partial charge in [0, 0.05) is 29.6 Å². The van der Waals surface area contributed by atoms with Crippen LogP contribution >= 0.6 is 0 Å². The van der Waals surface area contributed by atoms with Crippen molar-refractivity contribution in [2.45, 2.75) is 26.4 Å². The van der Waals surface area contributed by atoms with Crippen molar-refractivity contribution < 1.29 is 4.74 Å². The van der Waals surface area contributed by atoms with Gasteiger partial charge in [-0.3, -0.25) is 4.79 Å². The Balaban J connectivity index is 2.23. The van der Waals surface area contributed by atoms with Gasteiger partial charge in [0.05, 0.1) is 11.3 Å². The third kappa shape index (κ3) is 1.93. The maximum absolute atomic E-state index is 12.8. The quantitative estimate of drug-likeness (QED) is 0.585. The van der Waals surface area contributed by atoms with E-state index in [-0.39, 0.29) is 5.43 Å². The molecule has 0 N–H and O–H groups in total. The second kappa shape index (κ2) is 4.48. The molecule has 0 atom stereocenters. The third-order valence-corrected chi connectivity index (χ3v) is 4.67. The molecule has 116 valence electrons. The lowest BCUT2D eigenvalue weighted by atomic mass is 9.91. The van der Waals surface area contributed by atoms with Crippen molar-refractivity contribution in [3.63, 3.8) is 0 Å². The summed E-state index contributed by atoms with van der Waals surface area (Å²) in [6.07, 6.45) is 4.12. The Labute approximate surface area is 135 Å². The molecule has 3 aliphatic rings. The van der Waals surface area contributed by atoms with Crippen molar-refractivity contribution in [3.05, 3.63) is 57.8 Å². The fraction of sp³-hybridized carbons (Fsp3) is 0.250. The average molecular weight is 305 g/mol. The van der Waals surface area contributed by atoms with Crippen LogP contribution in [0.5, 0.6) is 5.75 Å². The van der Waals surface area contributed by atoms with Gasteiger partial charge in [-0.1, -0.05) is 18.2 Å². The van der Waals surface area contributed by atoms with E-state index in [1.54, 1.807) is 6.07 Å². The molecular weight excluding hydrogens is 286 g/mol. The van der Waals surface area contributed by atoms with Crippen LogP contribution in [0.1, 0.15) is 25.0 Å². The predicted octanol–water partition coefficient (Wildman–Crippen LogP) is 4.14. The minimum Gasteiger partial charge on any atom is -0.483 e. The summed E-state index contributed by atoms with van der Waals surface area (Å²) in [5.74, 6) is 0.667. The summed E-state index contributed by atoms with van der Waals surface area (Å²) in [7, 11) is 2.01. The van der Waals surface area contributed by atoms with E-state index in [1.807, 2.05) is 46.0 Å². The normalized spacial score (nSPS) is 15.7. The largest absolute Gasteiger partial charge is 0.483 e. The number of hydrogen-bond acceptors (Lipinski definition) is 2. The molecule has 0 aromatic heterocycles. The third-order valence-electron chi connectivity index (χ3n) is 4.67. The lowest BCUT2D eigenvalue weighted by Gasteiger charge is -2.30. The van der Waals surface area contributed by atoms with Gasteiger partial charge in [0.1, 0.15) is 11.4 Å². The van der Waals surface area contributed by atoms with Crippen LogP contribution in [0.2, 0.25) is 0 Å². The van der Waals surface area contributed by atoms with Crippen LogP contribution in [0, 0.1) is 6.92 Å². The first-order valence-corrected chi connectivity index (χ1v) is 7.82. The van der Waals surface area contributed by atoms with Gasteiger partial charge >= 0.3 is 0 Å². The molecule has 1 aromatic carbocycles. The van der Waals surface area contributed by atoms with E-state index >= 15 is 0 Å². The van der Waals surface area contributed by atoms with Gasteiger partial charge in [0.15, 0.2) is 5.43 Å². The number of rotatable bonds is 0. The summed E-state index contributed by atoms with van der Waals surface area (Å²) in [4.78, 5) is 12.8. The minimum absolute atomic E-state index is 0.0173. The molecule has 3 heteroatoms. The highest BCUT2D eigenvalue weighted by Gasteiger charge is 2.28. The van der Waals surface area contributed by atoms with Crippen molar-refractivity contribution >= 4 is 17.0 Å². The maximum atomic E-state index is 12.8. The second-order valence-corrected chi connectivity index (χ2v) is 6.75. The Hall–Kier alpha value is -2.55. The maximum Gasteiger partial charge on any atom is 0.191 e. The van der Waals surface area contributed by atoms with Crippen LogP contribution in [0.15, 0.2) is 41.2 Å². The van der Waals surface area contributed by atoms with Gasteiger partial charge in [-0.05, 0) is 44.6 Å². The number of fused-ring (bicyclic) bond motifs is 4. The summed E-state index contributed by atoms with van der Waals surface area (Å²) >= 11 is 0. The standard InChI is InChI=1S/C20H19NO2/c1-12-13-7-5-6-8-15(13)21(4)19-14-9-10-20(2,3)23-17(14)11-16(22)18(12)19/h5-11H,1-4H3. The molecule has 3 nitrogen and oxygen atoms in total. The smallest absolute Gasteiger partial charge is 0.191 e. The Bertz CT molecular complexity index is 1010. The van der Waals surface area contributed by atoms with E-state index in [1.165, 1.54) is 0 Å². The van der Waals surface area contributed by atoms with Gasteiger partial charge in [0.2, 0.25) is 0 Å². The molecule has 0 bridgehead atoms. The molecule has 0 spiro atoms. The van der Waals surface area contributed by atoms with E-state index in [2.05, 4.69) is 22.8 Å². The summed E-state index contributed by atoms with van der Waals surface area (Å²) < 4.78 is 8.12. The van der Waals surface area contributed by atoms with Crippen LogP contribution in [0.25, 0.3) is 28.2 Å². The molecule has 0 saturated heterocycles. The summed E-state index contributed by atoms with van der Waals surface area (Å²) in [6, 6.07) is 9.82. The molecule has 4 rings (SSSR count). The number of para-hydroxylation sites is 1. The molecule has 2 heterocycles. The number of nitrogens with zero attached hydrogens (tertiary/aromatic N) is 1. The molecule has 1 aromatic rings. The zero-order chi connectivity index (χ0) is 16.4. The SMILES string of the molecule is Cc1c2c(=O)cc3c(c-2n(C)c2ccccc12)C=CC(C)(C)O3. The summed E-state index contributed by atoms with van der Waals surface area (Å²) in [5.41, 5.74) is 4.47. The van der Waals surface area contributed by atoms with Gasteiger partial charge in [0.25, 0.3) is 0 Å². The topological polar surface area (TPSA) is 31.2 Å². The van der Waals surface area contributed by atoms with E-state index < -0.39 is 5.60 Å². The highest BCUT2D eigenvalue weighted by atomic mass is 16.5. The van der Waals surface area contributed by atoms with Crippen molar-refractivity contribution in [1.29, 1.82) is 0 Å². The van der Waals surface area contributed by atoms with Gasteiger partial charge in [-0.15, -0.1) is 0 Å². The van der Waals surface area contributed by atoms with E-state index in [4.69, 9.17) is 4.74 Å². The molecule has 1 aliphatic carbocycles. The van der Waals surface area contributed by atoms with Crippen LogP contribution in [0.4, 0.5) is 0 Å². The van der Waals surface area contributed by atoms with Crippen LogP contribution in [0.3, 0.4) is 0 Å². The molecule has 0 fully saturated rings. The first-order chi connectivity index (χ1) is 10.9. The zero-order valence-corrected chi connectivity index (χ0v) is 13.8. The number of pyridine rings is 1. The first-order valence-electron chi connectivity index (χ1n) is 7.82. The fourth-order valence-corrected chi connectivity index (χ4v) is 3.53.